The molecule has 1 spiro atoms. The van der Waals surface area contributed by atoms with Gasteiger partial charge in [0.25, 0.3) is 0 Å². The second kappa shape index (κ2) is 4.15. The molecule has 1 saturated heterocycles. The molecule has 2 aliphatic rings. The van der Waals surface area contributed by atoms with Gasteiger partial charge in [0.05, 0.1) is 6.42 Å². The summed E-state index contributed by atoms with van der Waals surface area (Å²) in [5.41, 5.74) is 5.28. The van der Waals surface area contributed by atoms with E-state index in [1.165, 1.54) is 0 Å². The van der Waals surface area contributed by atoms with Crippen LogP contribution in [-0.4, -0.2) is 36.6 Å². The third-order valence-corrected chi connectivity index (χ3v) is 4.10. The number of primary amides is 1. The molecule has 0 aromatic rings. The van der Waals surface area contributed by atoms with Gasteiger partial charge in [-0.2, -0.15) is 13.2 Å². The molecule has 1 aliphatic carbocycles. The number of amides is 1. The molecule has 1 unspecified atom stereocenters. The molecular formula is C11H17F3N2O. The van der Waals surface area contributed by atoms with Crippen LogP contribution in [0.2, 0.25) is 0 Å². The molecule has 1 amide bonds. The van der Waals surface area contributed by atoms with Crippen molar-refractivity contribution in [2.75, 3.05) is 19.6 Å². The molecule has 1 heterocycles. The number of likely N-dealkylation sites (tertiary alicyclic amines) is 1. The molecule has 0 aromatic carbocycles. The maximum atomic E-state index is 12.1. The normalized spacial score (nSPS) is 28.3. The molecule has 2 fully saturated rings. The first-order valence-corrected chi connectivity index (χ1v) is 5.91. The zero-order chi connectivity index (χ0) is 12.7. The van der Waals surface area contributed by atoms with Gasteiger partial charge in [-0.05, 0) is 37.8 Å². The van der Waals surface area contributed by atoms with Gasteiger partial charge in [-0.3, -0.25) is 4.79 Å². The average molecular weight is 250 g/mol. The number of hydrogen-bond acceptors (Lipinski definition) is 2. The molecule has 0 radical (unpaired) electrons. The van der Waals surface area contributed by atoms with Crippen LogP contribution in [0.1, 0.15) is 25.7 Å². The first kappa shape index (κ1) is 12.7. The molecule has 0 bridgehead atoms. The lowest BCUT2D eigenvalue weighted by molar-refractivity contribution is -0.138. The number of nitrogens with two attached hydrogens (primary N) is 1. The van der Waals surface area contributed by atoms with Crippen molar-refractivity contribution in [3.8, 4) is 0 Å². The number of carbonyl (C=O) groups is 1. The molecule has 1 atom stereocenters. The minimum atomic E-state index is -4.08. The van der Waals surface area contributed by atoms with Gasteiger partial charge >= 0.3 is 6.18 Å². The summed E-state index contributed by atoms with van der Waals surface area (Å²) in [7, 11) is 0. The molecule has 1 saturated carbocycles. The summed E-state index contributed by atoms with van der Waals surface area (Å²) in [6.07, 6.45) is -2.39. The van der Waals surface area contributed by atoms with Crippen LogP contribution in [0.25, 0.3) is 0 Å². The van der Waals surface area contributed by atoms with E-state index in [9.17, 15) is 18.0 Å². The van der Waals surface area contributed by atoms with Crippen LogP contribution >= 0.6 is 0 Å². The fraction of sp³-hybridized carbons (Fsp3) is 0.909. The lowest BCUT2D eigenvalue weighted by Gasteiger charge is -2.32. The largest absolute Gasteiger partial charge is 0.390 e. The lowest BCUT2D eigenvalue weighted by Crippen LogP contribution is -2.38. The van der Waals surface area contributed by atoms with Crippen molar-refractivity contribution in [3.05, 3.63) is 0 Å². The van der Waals surface area contributed by atoms with Gasteiger partial charge < -0.3 is 10.6 Å². The summed E-state index contributed by atoms with van der Waals surface area (Å²) in [6.45, 7) is 1.38. The number of halogens is 3. The molecule has 0 aromatic heterocycles. The molecule has 2 N–H and O–H groups in total. The van der Waals surface area contributed by atoms with E-state index in [4.69, 9.17) is 5.73 Å². The Morgan fingerprint density at radius 1 is 1.35 bits per heavy atom. The molecular weight excluding hydrogens is 233 g/mol. The van der Waals surface area contributed by atoms with Crippen molar-refractivity contribution in [2.24, 2.45) is 17.1 Å². The van der Waals surface area contributed by atoms with E-state index in [1.54, 1.807) is 0 Å². The molecule has 17 heavy (non-hydrogen) atoms. The second-order valence-corrected chi connectivity index (χ2v) is 5.23. The summed E-state index contributed by atoms with van der Waals surface area (Å²) in [5, 5.41) is 0. The highest BCUT2D eigenvalue weighted by Gasteiger charge is 2.57. The summed E-state index contributed by atoms with van der Waals surface area (Å²) < 4.78 is 36.2. The van der Waals surface area contributed by atoms with Crippen LogP contribution < -0.4 is 5.73 Å². The van der Waals surface area contributed by atoms with Crippen LogP contribution in [0.4, 0.5) is 13.2 Å². The van der Waals surface area contributed by atoms with Crippen LogP contribution in [0.15, 0.2) is 0 Å². The minimum Gasteiger partial charge on any atom is -0.369 e. The lowest BCUT2D eigenvalue weighted by atomic mass is 9.90. The Morgan fingerprint density at radius 3 is 2.35 bits per heavy atom. The smallest absolute Gasteiger partial charge is 0.369 e. The topological polar surface area (TPSA) is 46.3 Å². The Kier molecular flexibility index (Phi) is 3.10. The number of carbonyl (C=O) groups excluding carboxylic acids is 1. The van der Waals surface area contributed by atoms with Gasteiger partial charge in [-0.1, -0.05) is 0 Å². The fourth-order valence-electron chi connectivity index (χ4n) is 2.81. The Morgan fingerprint density at radius 2 is 1.94 bits per heavy atom. The Bertz CT molecular complexity index is 308. The number of rotatable bonds is 3. The number of piperidine rings is 1. The van der Waals surface area contributed by atoms with Crippen LogP contribution in [0.5, 0.6) is 0 Å². The van der Waals surface area contributed by atoms with Crippen LogP contribution in [-0.2, 0) is 4.79 Å². The molecule has 98 valence electrons. The van der Waals surface area contributed by atoms with Gasteiger partial charge in [0.15, 0.2) is 0 Å². The summed E-state index contributed by atoms with van der Waals surface area (Å²) >= 11 is 0. The standard InChI is InChI=1S/C11H17F3N2O/c12-11(13,14)3-6-16-4-1-10(2-5-16)7-8(10)9(15)17/h8H,1-7H2,(H2,15,17). The summed E-state index contributed by atoms with van der Waals surface area (Å²) in [5.74, 6) is -0.291. The molecule has 2 rings (SSSR count). The van der Waals surface area contributed by atoms with Crippen molar-refractivity contribution < 1.29 is 18.0 Å². The fourth-order valence-corrected chi connectivity index (χ4v) is 2.81. The van der Waals surface area contributed by atoms with Gasteiger partial charge in [0.2, 0.25) is 5.91 Å². The monoisotopic (exact) mass is 250 g/mol. The van der Waals surface area contributed by atoms with Gasteiger partial charge in [-0.25, -0.2) is 0 Å². The van der Waals surface area contributed by atoms with E-state index in [0.29, 0.717) is 13.1 Å². The van der Waals surface area contributed by atoms with Gasteiger partial charge in [-0.15, -0.1) is 0 Å². The summed E-state index contributed by atoms with van der Waals surface area (Å²) in [6, 6.07) is 0. The van der Waals surface area contributed by atoms with E-state index in [0.717, 1.165) is 19.3 Å². The van der Waals surface area contributed by atoms with E-state index < -0.39 is 12.6 Å². The minimum absolute atomic E-state index is 0.0283. The summed E-state index contributed by atoms with van der Waals surface area (Å²) in [4.78, 5) is 12.9. The zero-order valence-corrected chi connectivity index (χ0v) is 9.59. The van der Waals surface area contributed by atoms with Crippen molar-refractivity contribution in [1.82, 2.24) is 4.90 Å². The number of nitrogens with zero attached hydrogens (tertiary/aromatic N) is 1. The van der Waals surface area contributed by atoms with Crippen molar-refractivity contribution >= 4 is 5.91 Å². The van der Waals surface area contributed by atoms with Crippen molar-refractivity contribution in [3.63, 3.8) is 0 Å². The van der Waals surface area contributed by atoms with Crippen LogP contribution in [0.3, 0.4) is 0 Å². The maximum Gasteiger partial charge on any atom is 0.390 e. The van der Waals surface area contributed by atoms with Crippen molar-refractivity contribution in [1.29, 1.82) is 0 Å². The van der Waals surface area contributed by atoms with Crippen LogP contribution in [0, 0.1) is 11.3 Å². The average Bonchev–Trinajstić information content (AvgIpc) is 2.91. The molecule has 3 nitrogen and oxygen atoms in total. The third-order valence-electron chi connectivity index (χ3n) is 4.10. The Labute approximate surface area is 98.1 Å². The van der Waals surface area contributed by atoms with Crippen molar-refractivity contribution in [2.45, 2.75) is 31.9 Å². The highest BCUT2D eigenvalue weighted by atomic mass is 19.4. The van der Waals surface area contributed by atoms with Gasteiger partial charge in [0, 0.05) is 12.5 Å². The Hall–Kier alpha value is -0.780. The molecule has 6 heteroatoms. The van der Waals surface area contributed by atoms with E-state index in [-0.39, 0.29) is 23.8 Å². The van der Waals surface area contributed by atoms with E-state index >= 15 is 0 Å². The first-order chi connectivity index (χ1) is 7.82. The number of hydrogen-bond donors (Lipinski definition) is 1. The zero-order valence-electron chi connectivity index (χ0n) is 9.59. The second-order valence-electron chi connectivity index (χ2n) is 5.23. The SMILES string of the molecule is NC(=O)C1CC12CCN(CCC(F)(F)F)CC2. The van der Waals surface area contributed by atoms with E-state index in [1.807, 2.05) is 4.90 Å². The van der Waals surface area contributed by atoms with E-state index in [2.05, 4.69) is 0 Å². The number of alkyl halides is 3. The Balaban J connectivity index is 1.74. The van der Waals surface area contributed by atoms with Gasteiger partial charge in [0.1, 0.15) is 0 Å². The first-order valence-electron chi connectivity index (χ1n) is 5.91. The predicted molar refractivity (Wildman–Crippen MR) is 56.1 cm³/mol. The maximum absolute atomic E-state index is 12.1. The molecule has 1 aliphatic heterocycles. The quantitative estimate of drug-likeness (QED) is 0.825. The highest BCUT2D eigenvalue weighted by molar-refractivity contribution is 5.80. The third kappa shape index (κ3) is 2.91. The highest BCUT2D eigenvalue weighted by Crippen LogP contribution is 2.59. The predicted octanol–water partition coefficient (Wildman–Crippen LogP) is 1.53.